The molecule has 1 aromatic heterocycles. The summed E-state index contributed by atoms with van der Waals surface area (Å²) in [5.41, 5.74) is 1.99. The van der Waals surface area contributed by atoms with Crippen LogP contribution >= 0.6 is 23.2 Å². The molecule has 1 aromatic carbocycles. The molecule has 0 spiro atoms. The van der Waals surface area contributed by atoms with Crippen LogP contribution in [0.4, 0.5) is 5.69 Å². The molecule has 0 bridgehead atoms. The molecule has 1 N–H and O–H groups in total. The van der Waals surface area contributed by atoms with Crippen LogP contribution in [0.25, 0.3) is 0 Å². The molecule has 18 heavy (non-hydrogen) atoms. The molecule has 0 saturated heterocycles. The SMILES string of the molecule is CC(C)n1cc(CNc2ccc(Cl)cc2Cl)cn1. The maximum Gasteiger partial charge on any atom is 0.0652 e. The molecular formula is C13H15Cl2N3. The molecule has 96 valence electrons. The van der Waals surface area contributed by atoms with Gasteiger partial charge in [-0.05, 0) is 32.0 Å². The van der Waals surface area contributed by atoms with E-state index in [1.54, 1.807) is 6.07 Å². The largest absolute Gasteiger partial charge is 0.380 e. The minimum absolute atomic E-state index is 0.373. The number of hydrogen-bond acceptors (Lipinski definition) is 2. The van der Waals surface area contributed by atoms with Gasteiger partial charge in [0.2, 0.25) is 0 Å². The molecule has 0 atom stereocenters. The van der Waals surface area contributed by atoms with Gasteiger partial charge in [-0.25, -0.2) is 0 Å². The maximum atomic E-state index is 6.08. The highest BCUT2D eigenvalue weighted by molar-refractivity contribution is 6.36. The highest BCUT2D eigenvalue weighted by Crippen LogP contribution is 2.25. The molecule has 0 fully saturated rings. The van der Waals surface area contributed by atoms with Crippen LogP contribution in [-0.2, 0) is 6.54 Å². The summed E-state index contributed by atoms with van der Waals surface area (Å²) in [6.45, 7) is 4.88. The molecule has 0 radical (unpaired) electrons. The summed E-state index contributed by atoms with van der Waals surface area (Å²) in [5.74, 6) is 0. The fraction of sp³-hybridized carbons (Fsp3) is 0.308. The second kappa shape index (κ2) is 5.63. The first-order valence-corrected chi connectivity index (χ1v) is 6.54. The zero-order valence-corrected chi connectivity index (χ0v) is 11.8. The molecule has 0 aliphatic heterocycles. The Labute approximate surface area is 117 Å². The van der Waals surface area contributed by atoms with Gasteiger partial charge in [0.05, 0.1) is 16.9 Å². The van der Waals surface area contributed by atoms with Gasteiger partial charge in [-0.15, -0.1) is 0 Å². The Bertz CT molecular complexity index is 535. The molecule has 2 aromatic rings. The highest BCUT2D eigenvalue weighted by Gasteiger charge is 2.04. The lowest BCUT2D eigenvalue weighted by atomic mass is 10.3. The van der Waals surface area contributed by atoms with Gasteiger partial charge in [0, 0.05) is 29.4 Å². The summed E-state index contributed by atoms with van der Waals surface area (Å²) in [6.07, 6.45) is 3.89. The third kappa shape index (κ3) is 3.18. The monoisotopic (exact) mass is 283 g/mol. The summed E-state index contributed by atoms with van der Waals surface area (Å²) in [4.78, 5) is 0. The summed E-state index contributed by atoms with van der Waals surface area (Å²) in [7, 11) is 0. The zero-order valence-electron chi connectivity index (χ0n) is 10.3. The van der Waals surface area contributed by atoms with E-state index in [0.717, 1.165) is 11.3 Å². The number of nitrogens with zero attached hydrogens (tertiary/aromatic N) is 2. The van der Waals surface area contributed by atoms with Gasteiger partial charge in [-0.1, -0.05) is 23.2 Å². The van der Waals surface area contributed by atoms with Crippen LogP contribution in [-0.4, -0.2) is 9.78 Å². The number of hydrogen-bond donors (Lipinski definition) is 1. The molecule has 5 heteroatoms. The van der Waals surface area contributed by atoms with Crippen molar-refractivity contribution in [3.8, 4) is 0 Å². The molecule has 3 nitrogen and oxygen atoms in total. The first-order chi connectivity index (χ1) is 8.56. The van der Waals surface area contributed by atoms with Gasteiger partial charge >= 0.3 is 0 Å². The van der Waals surface area contributed by atoms with E-state index < -0.39 is 0 Å². The second-order valence-electron chi connectivity index (χ2n) is 4.40. The summed E-state index contributed by atoms with van der Waals surface area (Å²) >= 11 is 11.9. The second-order valence-corrected chi connectivity index (χ2v) is 5.24. The van der Waals surface area contributed by atoms with Crippen LogP contribution in [0, 0.1) is 0 Å². The van der Waals surface area contributed by atoms with Crippen LogP contribution in [0.15, 0.2) is 30.6 Å². The Morgan fingerprint density at radius 1 is 1.33 bits per heavy atom. The van der Waals surface area contributed by atoms with Gasteiger partial charge in [0.1, 0.15) is 0 Å². The Kier molecular flexibility index (Phi) is 4.15. The van der Waals surface area contributed by atoms with Gasteiger partial charge in [-0.2, -0.15) is 5.10 Å². The smallest absolute Gasteiger partial charge is 0.0652 e. The third-order valence-electron chi connectivity index (χ3n) is 2.60. The number of nitrogens with one attached hydrogen (secondary N) is 1. The van der Waals surface area contributed by atoms with Crippen LogP contribution in [0.5, 0.6) is 0 Å². The van der Waals surface area contributed by atoms with Gasteiger partial charge in [-0.3, -0.25) is 4.68 Å². The molecular weight excluding hydrogens is 269 g/mol. The van der Waals surface area contributed by atoms with Crippen molar-refractivity contribution in [3.05, 3.63) is 46.2 Å². The van der Waals surface area contributed by atoms with E-state index in [-0.39, 0.29) is 0 Å². The van der Waals surface area contributed by atoms with Crippen molar-refractivity contribution in [2.45, 2.75) is 26.4 Å². The highest BCUT2D eigenvalue weighted by atomic mass is 35.5. The fourth-order valence-corrected chi connectivity index (χ4v) is 2.06. The first-order valence-electron chi connectivity index (χ1n) is 5.78. The predicted molar refractivity (Wildman–Crippen MR) is 76.4 cm³/mol. The van der Waals surface area contributed by atoms with Crippen molar-refractivity contribution in [2.75, 3.05) is 5.32 Å². The average molecular weight is 284 g/mol. The lowest BCUT2D eigenvalue weighted by Crippen LogP contribution is -2.01. The van der Waals surface area contributed by atoms with Crippen LogP contribution < -0.4 is 5.32 Å². The molecule has 0 aliphatic rings. The third-order valence-corrected chi connectivity index (χ3v) is 3.15. The van der Waals surface area contributed by atoms with Gasteiger partial charge < -0.3 is 5.32 Å². The molecule has 2 rings (SSSR count). The molecule has 0 unspecified atom stereocenters. The molecule has 0 amide bonds. The molecule has 1 heterocycles. The van der Waals surface area contributed by atoms with Crippen LogP contribution in [0.3, 0.4) is 0 Å². The van der Waals surface area contributed by atoms with Crippen molar-refractivity contribution in [1.29, 1.82) is 0 Å². The lowest BCUT2D eigenvalue weighted by Gasteiger charge is -2.07. The summed E-state index contributed by atoms with van der Waals surface area (Å²) in [6, 6.07) is 5.78. The Morgan fingerprint density at radius 3 is 2.72 bits per heavy atom. The normalized spacial score (nSPS) is 10.9. The number of halogens is 2. The van der Waals surface area contributed by atoms with Crippen LogP contribution in [0.2, 0.25) is 10.0 Å². The topological polar surface area (TPSA) is 29.9 Å². The first kappa shape index (κ1) is 13.2. The van der Waals surface area contributed by atoms with Crippen molar-refractivity contribution in [3.63, 3.8) is 0 Å². The van der Waals surface area contributed by atoms with E-state index in [1.807, 2.05) is 29.2 Å². The molecule has 0 saturated carbocycles. The summed E-state index contributed by atoms with van der Waals surface area (Å²) in [5, 5.41) is 8.81. The quantitative estimate of drug-likeness (QED) is 0.902. The number of aromatic nitrogens is 2. The standard InChI is InChI=1S/C13H15Cl2N3/c1-9(2)18-8-10(7-17-18)6-16-13-4-3-11(14)5-12(13)15/h3-5,7-9,16H,6H2,1-2H3. The lowest BCUT2D eigenvalue weighted by molar-refractivity contribution is 0.532. The number of benzene rings is 1. The minimum Gasteiger partial charge on any atom is -0.380 e. The zero-order chi connectivity index (χ0) is 13.1. The maximum absolute atomic E-state index is 6.08. The minimum atomic E-state index is 0.373. The van der Waals surface area contributed by atoms with E-state index >= 15 is 0 Å². The average Bonchev–Trinajstić information content (AvgIpc) is 2.76. The predicted octanol–water partition coefficient (Wildman–Crippen LogP) is 4.38. The Morgan fingerprint density at radius 2 is 2.11 bits per heavy atom. The van der Waals surface area contributed by atoms with Crippen molar-refractivity contribution < 1.29 is 0 Å². The van der Waals surface area contributed by atoms with Crippen molar-refractivity contribution in [2.24, 2.45) is 0 Å². The van der Waals surface area contributed by atoms with Crippen LogP contribution in [0.1, 0.15) is 25.5 Å². The summed E-state index contributed by atoms with van der Waals surface area (Å²) < 4.78 is 1.93. The Hall–Kier alpha value is -1.19. The Balaban J connectivity index is 2.02. The number of rotatable bonds is 4. The fourth-order valence-electron chi connectivity index (χ4n) is 1.58. The van der Waals surface area contributed by atoms with E-state index in [0.29, 0.717) is 22.6 Å². The van der Waals surface area contributed by atoms with E-state index in [1.165, 1.54) is 0 Å². The molecule has 0 aliphatic carbocycles. The van der Waals surface area contributed by atoms with Gasteiger partial charge in [0.25, 0.3) is 0 Å². The van der Waals surface area contributed by atoms with Gasteiger partial charge in [0.15, 0.2) is 0 Å². The van der Waals surface area contributed by atoms with E-state index in [9.17, 15) is 0 Å². The van der Waals surface area contributed by atoms with E-state index in [2.05, 4.69) is 24.3 Å². The van der Waals surface area contributed by atoms with Crippen molar-refractivity contribution >= 4 is 28.9 Å². The number of anilines is 1. The van der Waals surface area contributed by atoms with Crippen molar-refractivity contribution in [1.82, 2.24) is 9.78 Å². The van der Waals surface area contributed by atoms with E-state index in [4.69, 9.17) is 23.2 Å².